The highest BCUT2D eigenvalue weighted by Crippen LogP contribution is 2.36. The van der Waals surface area contributed by atoms with Gasteiger partial charge in [0.15, 0.2) is 17.4 Å². The van der Waals surface area contributed by atoms with E-state index in [-0.39, 0.29) is 23.8 Å². The maximum absolute atomic E-state index is 13.6. The van der Waals surface area contributed by atoms with Crippen LogP contribution in [-0.2, 0) is 6.42 Å². The van der Waals surface area contributed by atoms with Gasteiger partial charge in [0.05, 0.1) is 5.56 Å². The first-order valence-corrected chi connectivity index (χ1v) is 5.51. The van der Waals surface area contributed by atoms with Crippen LogP contribution < -0.4 is 0 Å². The fourth-order valence-corrected chi connectivity index (χ4v) is 2.24. The minimum Gasteiger partial charge on any atom is -0.294 e. The molecule has 1 nitrogen and oxygen atoms in total. The van der Waals surface area contributed by atoms with Gasteiger partial charge in [0.2, 0.25) is 0 Å². The Labute approximate surface area is 97.6 Å². The summed E-state index contributed by atoms with van der Waals surface area (Å²) in [6, 6.07) is 0.514. The number of fused-ring (bicyclic) bond motifs is 1. The number of hydrogen-bond donors (Lipinski definition) is 0. The molecule has 0 amide bonds. The van der Waals surface area contributed by atoms with E-state index < -0.39 is 28.8 Å². The molecule has 0 bridgehead atoms. The average Bonchev–Trinajstić information content (AvgIpc) is 2.31. The highest BCUT2D eigenvalue weighted by atomic mass is 19.2. The molecule has 0 unspecified atom stereocenters. The molecule has 2 rings (SSSR count). The number of rotatable bonds is 0. The van der Waals surface area contributed by atoms with Gasteiger partial charge < -0.3 is 0 Å². The standard InChI is InChI=1S/C13H13F3O/c1-13(2)4-3-7-8(14)5-9(15)12(16)11(7)10(17)6-13/h5H,3-4,6H2,1-2H3. The van der Waals surface area contributed by atoms with Crippen molar-refractivity contribution in [3.05, 3.63) is 34.6 Å². The van der Waals surface area contributed by atoms with Crippen molar-refractivity contribution in [3.8, 4) is 0 Å². The van der Waals surface area contributed by atoms with Crippen LogP contribution in [0.2, 0.25) is 0 Å². The van der Waals surface area contributed by atoms with Gasteiger partial charge in [0, 0.05) is 18.1 Å². The Bertz CT molecular complexity index is 492. The Kier molecular flexibility index (Phi) is 2.76. The van der Waals surface area contributed by atoms with E-state index in [1.54, 1.807) is 0 Å². The topological polar surface area (TPSA) is 17.1 Å². The summed E-state index contributed by atoms with van der Waals surface area (Å²) in [5.74, 6) is -3.86. The second kappa shape index (κ2) is 3.86. The number of hydrogen-bond acceptors (Lipinski definition) is 1. The molecule has 0 saturated heterocycles. The summed E-state index contributed by atoms with van der Waals surface area (Å²) in [5.41, 5.74) is -0.696. The lowest BCUT2D eigenvalue weighted by Crippen LogP contribution is -2.15. The van der Waals surface area contributed by atoms with Gasteiger partial charge in [0.1, 0.15) is 5.82 Å². The van der Waals surface area contributed by atoms with Gasteiger partial charge in [-0.15, -0.1) is 0 Å². The molecule has 0 fully saturated rings. The van der Waals surface area contributed by atoms with E-state index >= 15 is 0 Å². The van der Waals surface area contributed by atoms with Crippen LogP contribution in [0.4, 0.5) is 13.2 Å². The number of ketones is 1. The lowest BCUT2D eigenvalue weighted by molar-refractivity contribution is 0.0929. The van der Waals surface area contributed by atoms with Gasteiger partial charge in [-0.2, -0.15) is 0 Å². The quantitative estimate of drug-likeness (QED) is 0.501. The normalized spacial score (nSPS) is 18.8. The zero-order chi connectivity index (χ0) is 12.8. The van der Waals surface area contributed by atoms with Crippen molar-refractivity contribution in [1.29, 1.82) is 0 Å². The molecule has 17 heavy (non-hydrogen) atoms. The number of carbonyl (C=O) groups is 1. The van der Waals surface area contributed by atoms with Crippen molar-refractivity contribution in [2.45, 2.75) is 33.1 Å². The average molecular weight is 242 g/mol. The summed E-state index contributed by atoms with van der Waals surface area (Å²) in [7, 11) is 0. The lowest BCUT2D eigenvalue weighted by atomic mass is 9.84. The molecule has 0 spiro atoms. The molecule has 0 N–H and O–H groups in total. The first-order valence-electron chi connectivity index (χ1n) is 5.51. The molecule has 1 aromatic carbocycles. The summed E-state index contributed by atoms with van der Waals surface area (Å²) >= 11 is 0. The van der Waals surface area contributed by atoms with Crippen molar-refractivity contribution >= 4 is 5.78 Å². The third kappa shape index (κ3) is 2.08. The highest BCUT2D eigenvalue weighted by molar-refractivity contribution is 5.98. The third-order valence-corrected chi connectivity index (χ3v) is 3.24. The fourth-order valence-electron chi connectivity index (χ4n) is 2.24. The summed E-state index contributed by atoms with van der Waals surface area (Å²) in [4.78, 5) is 11.9. The van der Waals surface area contributed by atoms with Gasteiger partial charge in [0.25, 0.3) is 0 Å². The molecular formula is C13H13F3O. The third-order valence-electron chi connectivity index (χ3n) is 3.24. The molecule has 0 heterocycles. The van der Waals surface area contributed by atoms with Crippen LogP contribution in [0.25, 0.3) is 0 Å². The molecule has 4 heteroatoms. The van der Waals surface area contributed by atoms with Crippen molar-refractivity contribution < 1.29 is 18.0 Å². The fraction of sp³-hybridized carbons (Fsp3) is 0.462. The van der Waals surface area contributed by atoms with Gasteiger partial charge in [-0.1, -0.05) is 13.8 Å². The van der Waals surface area contributed by atoms with Crippen LogP contribution in [0.15, 0.2) is 6.07 Å². The zero-order valence-corrected chi connectivity index (χ0v) is 9.74. The first-order chi connectivity index (χ1) is 7.82. The van der Waals surface area contributed by atoms with Crippen LogP contribution in [0, 0.1) is 22.9 Å². The van der Waals surface area contributed by atoms with E-state index in [1.165, 1.54) is 0 Å². The largest absolute Gasteiger partial charge is 0.294 e. The van der Waals surface area contributed by atoms with Crippen molar-refractivity contribution in [3.63, 3.8) is 0 Å². The van der Waals surface area contributed by atoms with E-state index in [9.17, 15) is 18.0 Å². The molecule has 1 aliphatic carbocycles. The van der Waals surface area contributed by atoms with Crippen molar-refractivity contribution in [2.75, 3.05) is 0 Å². The van der Waals surface area contributed by atoms with E-state index in [0.717, 1.165) is 0 Å². The van der Waals surface area contributed by atoms with Gasteiger partial charge in [-0.3, -0.25) is 4.79 Å². The summed E-state index contributed by atoms with van der Waals surface area (Å²) in [6.07, 6.45) is 0.949. The van der Waals surface area contributed by atoms with Crippen LogP contribution in [0.5, 0.6) is 0 Å². The molecule has 0 aliphatic heterocycles. The maximum Gasteiger partial charge on any atom is 0.170 e. The van der Waals surface area contributed by atoms with E-state index in [0.29, 0.717) is 12.5 Å². The molecule has 0 saturated carbocycles. The Morgan fingerprint density at radius 2 is 1.82 bits per heavy atom. The molecule has 92 valence electrons. The smallest absolute Gasteiger partial charge is 0.170 e. The Morgan fingerprint density at radius 3 is 2.47 bits per heavy atom. The van der Waals surface area contributed by atoms with Crippen LogP contribution in [0.3, 0.4) is 0 Å². The van der Waals surface area contributed by atoms with Crippen molar-refractivity contribution in [1.82, 2.24) is 0 Å². The lowest BCUT2D eigenvalue weighted by Gasteiger charge is -2.20. The zero-order valence-electron chi connectivity index (χ0n) is 9.74. The predicted octanol–water partition coefficient (Wildman–Crippen LogP) is 3.65. The molecule has 0 atom stereocenters. The molecule has 1 aliphatic rings. The van der Waals surface area contributed by atoms with E-state index in [4.69, 9.17) is 0 Å². The van der Waals surface area contributed by atoms with E-state index in [1.807, 2.05) is 13.8 Å². The highest BCUT2D eigenvalue weighted by Gasteiger charge is 2.32. The summed E-state index contributed by atoms with van der Waals surface area (Å²) in [6.45, 7) is 3.73. The van der Waals surface area contributed by atoms with Gasteiger partial charge in [-0.25, -0.2) is 13.2 Å². The summed E-state index contributed by atoms with van der Waals surface area (Å²) < 4.78 is 40.2. The molecule has 1 aromatic rings. The first kappa shape index (κ1) is 12.1. The maximum atomic E-state index is 13.6. The molecular weight excluding hydrogens is 229 g/mol. The van der Waals surface area contributed by atoms with Crippen LogP contribution >= 0.6 is 0 Å². The van der Waals surface area contributed by atoms with Gasteiger partial charge in [-0.05, 0) is 18.3 Å². The molecule has 0 aromatic heterocycles. The second-order valence-corrected chi connectivity index (χ2v) is 5.27. The number of carbonyl (C=O) groups excluding carboxylic acids is 1. The second-order valence-electron chi connectivity index (χ2n) is 5.27. The minimum absolute atomic E-state index is 0.0134. The monoisotopic (exact) mass is 242 g/mol. The Balaban J connectivity index is 2.63. The van der Waals surface area contributed by atoms with Crippen LogP contribution in [0.1, 0.15) is 42.6 Å². The number of Topliss-reactive ketones (excluding diaryl/α,β-unsaturated/α-hetero) is 1. The summed E-state index contributed by atoms with van der Waals surface area (Å²) in [5, 5.41) is 0. The minimum atomic E-state index is -1.30. The predicted molar refractivity (Wildman–Crippen MR) is 57.4 cm³/mol. The van der Waals surface area contributed by atoms with Crippen molar-refractivity contribution in [2.24, 2.45) is 5.41 Å². The Hall–Kier alpha value is -1.32. The van der Waals surface area contributed by atoms with E-state index in [2.05, 4.69) is 0 Å². The molecule has 0 radical (unpaired) electrons. The Morgan fingerprint density at radius 1 is 1.18 bits per heavy atom. The van der Waals surface area contributed by atoms with Gasteiger partial charge >= 0.3 is 0 Å². The SMILES string of the molecule is CC1(C)CCc2c(F)cc(F)c(F)c2C(=O)C1. The van der Waals surface area contributed by atoms with Crippen LogP contribution in [-0.4, -0.2) is 5.78 Å². The number of halogens is 3. The number of benzene rings is 1.